The van der Waals surface area contributed by atoms with Crippen LogP contribution in [0.15, 0.2) is 0 Å². The Morgan fingerprint density at radius 3 is 2.53 bits per heavy atom. The van der Waals surface area contributed by atoms with Crippen LogP contribution < -0.4 is 5.73 Å². The minimum Gasteiger partial charge on any atom is -0.369 e. The Balaban J connectivity index is 2.03. The van der Waals surface area contributed by atoms with E-state index in [2.05, 4.69) is 28.5 Å². The summed E-state index contributed by atoms with van der Waals surface area (Å²) < 4.78 is 4.11. The van der Waals surface area contributed by atoms with Crippen molar-refractivity contribution in [1.82, 2.24) is 19.3 Å². The Morgan fingerprint density at radius 1 is 1.26 bits per heavy atom. The van der Waals surface area contributed by atoms with Crippen LogP contribution in [0.1, 0.15) is 51.3 Å². The van der Waals surface area contributed by atoms with Gasteiger partial charge in [0.2, 0.25) is 5.95 Å². The molecular formula is C14H23N5. The largest absolute Gasteiger partial charge is 0.369 e. The smallest absolute Gasteiger partial charge is 0.202 e. The summed E-state index contributed by atoms with van der Waals surface area (Å²) in [4.78, 5) is 4.50. The highest BCUT2D eigenvalue weighted by atomic mass is 15.4. The average molecular weight is 261 g/mol. The SMILES string of the molecule is Cc1nn(C)c2c1nc(N)n2C1CCC(C)(C)CC1. The Labute approximate surface area is 113 Å². The fourth-order valence-corrected chi connectivity index (χ4v) is 3.31. The van der Waals surface area contributed by atoms with Gasteiger partial charge in [0.25, 0.3) is 0 Å². The highest BCUT2D eigenvalue weighted by Crippen LogP contribution is 2.42. The summed E-state index contributed by atoms with van der Waals surface area (Å²) in [5, 5.41) is 4.45. The van der Waals surface area contributed by atoms with Crippen molar-refractivity contribution in [2.75, 3.05) is 5.73 Å². The summed E-state index contributed by atoms with van der Waals surface area (Å²) in [6, 6.07) is 0.466. The van der Waals surface area contributed by atoms with E-state index in [0.29, 0.717) is 17.4 Å². The summed E-state index contributed by atoms with van der Waals surface area (Å²) in [5.74, 6) is 0.635. The van der Waals surface area contributed by atoms with Crippen LogP contribution in [0.4, 0.5) is 5.95 Å². The van der Waals surface area contributed by atoms with E-state index in [-0.39, 0.29) is 0 Å². The molecule has 2 heterocycles. The molecule has 2 N–H and O–H groups in total. The van der Waals surface area contributed by atoms with Crippen molar-refractivity contribution >= 4 is 17.1 Å². The van der Waals surface area contributed by atoms with E-state index in [1.807, 2.05) is 18.7 Å². The third-order valence-electron chi connectivity index (χ3n) is 4.54. The molecule has 2 aromatic heterocycles. The van der Waals surface area contributed by atoms with Crippen molar-refractivity contribution in [2.24, 2.45) is 12.5 Å². The second kappa shape index (κ2) is 3.99. The van der Waals surface area contributed by atoms with Gasteiger partial charge in [-0.25, -0.2) is 4.98 Å². The molecule has 0 atom stereocenters. The lowest BCUT2D eigenvalue weighted by Gasteiger charge is -2.35. The van der Waals surface area contributed by atoms with E-state index in [9.17, 15) is 0 Å². The van der Waals surface area contributed by atoms with Crippen LogP contribution in [0.3, 0.4) is 0 Å². The van der Waals surface area contributed by atoms with Crippen molar-refractivity contribution in [3.05, 3.63) is 5.69 Å². The number of nitrogens with two attached hydrogens (primary N) is 1. The van der Waals surface area contributed by atoms with Crippen LogP contribution in [-0.4, -0.2) is 19.3 Å². The molecule has 5 heteroatoms. The number of aryl methyl sites for hydroxylation is 2. The number of nitrogens with zero attached hydrogens (tertiary/aromatic N) is 4. The second-order valence-electron chi connectivity index (χ2n) is 6.62. The molecule has 0 aromatic carbocycles. The van der Waals surface area contributed by atoms with E-state index in [1.54, 1.807) is 0 Å². The van der Waals surface area contributed by atoms with E-state index >= 15 is 0 Å². The molecule has 0 saturated heterocycles. The van der Waals surface area contributed by atoms with Crippen LogP contribution >= 0.6 is 0 Å². The zero-order valence-corrected chi connectivity index (χ0v) is 12.3. The number of nitrogen functional groups attached to an aromatic ring is 1. The van der Waals surface area contributed by atoms with Crippen molar-refractivity contribution in [1.29, 1.82) is 0 Å². The van der Waals surface area contributed by atoms with E-state index in [0.717, 1.165) is 16.9 Å². The maximum Gasteiger partial charge on any atom is 0.202 e. The van der Waals surface area contributed by atoms with Crippen molar-refractivity contribution < 1.29 is 0 Å². The molecule has 1 fully saturated rings. The molecular weight excluding hydrogens is 238 g/mol. The lowest BCUT2D eigenvalue weighted by atomic mass is 9.75. The summed E-state index contributed by atoms with van der Waals surface area (Å²) in [5.41, 5.74) is 9.59. The minimum absolute atomic E-state index is 0.466. The summed E-state index contributed by atoms with van der Waals surface area (Å²) in [6.07, 6.45) is 4.83. The number of aromatic nitrogens is 4. The Morgan fingerprint density at radius 2 is 1.89 bits per heavy atom. The van der Waals surface area contributed by atoms with Gasteiger partial charge in [0.05, 0.1) is 5.69 Å². The molecule has 19 heavy (non-hydrogen) atoms. The van der Waals surface area contributed by atoms with Crippen molar-refractivity contribution in [3.63, 3.8) is 0 Å². The van der Waals surface area contributed by atoms with Crippen LogP contribution in [0.5, 0.6) is 0 Å². The van der Waals surface area contributed by atoms with Gasteiger partial charge in [0.1, 0.15) is 5.52 Å². The predicted octanol–water partition coefficient (Wildman–Crippen LogP) is 2.80. The first-order chi connectivity index (χ1) is 8.89. The Hall–Kier alpha value is -1.52. The van der Waals surface area contributed by atoms with Crippen molar-refractivity contribution in [3.8, 4) is 0 Å². The van der Waals surface area contributed by atoms with Crippen LogP contribution in [0.2, 0.25) is 0 Å². The standard InChI is InChI=1S/C14H23N5/c1-9-11-12(18(4)17-9)19(13(15)16-11)10-5-7-14(2,3)8-6-10/h10H,5-8H2,1-4H3,(H2,15,16). The van der Waals surface area contributed by atoms with Crippen LogP contribution in [-0.2, 0) is 7.05 Å². The minimum atomic E-state index is 0.466. The fraction of sp³-hybridized carbons (Fsp3) is 0.714. The molecule has 1 aliphatic carbocycles. The fourth-order valence-electron chi connectivity index (χ4n) is 3.31. The van der Waals surface area contributed by atoms with Gasteiger partial charge in [-0.2, -0.15) is 5.10 Å². The molecule has 0 unspecified atom stereocenters. The lowest BCUT2D eigenvalue weighted by Crippen LogP contribution is -2.24. The Kier molecular flexibility index (Phi) is 2.62. The second-order valence-corrected chi connectivity index (χ2v) is 6.62. The summed E-state index contributed by atoms with van der Waals surface area (Å²) in [6.45, 7) is 6.69. The number of anilines is 1. The highest BCUT2D eigenvalue weighted by Gasteiger charge is 2.30. The highest BCUT2D eigenvalue weighted by molar-refractivity contribution is 5.77. The van der Waals surface area contributed by atoms with Gasteiger partial charge in [0.15, 0.2) is 5.65 Å². The van der Waals surface area contributed by atoms with E-state index in [1.165, 1.54) is 25.7 Å². The van der Waals surface area contributed by atoms with Gasteiger partial charge in [-0.15, -0.1) is 0 Å². The van der Waals surface area contributed by atoms with Crippen LogP contribution in [0, 0.1) is 12.3 Å². The summed E-state index contributed by atoms with van der Waals surface area (Å²) in [7, 11) is 1.97. The first-order valence-corrected chi connectivity index (χ1v) is 7.06. The number of imidazole rings is 1. The number of rotatable bonds is 1. The lowest BCUT2D eigenvalue weighted by molar-refractivity contribution is 0.196. The maximum atomic E-state index is 6.14. The predicted molar refractivity (Wildman–Crippen MR) is 76.9 cm³/mol. The molecule has 1 aliphatic rings. The number of hydrogen-bond donors (Lipinski definition) is 1. The molecule has 1 saturated carbocycles. The molecule has 0 amide bonds. The summed E-state index contributed by atoms with van der Waals surface area (Å²) >= 11 is 0. The molecule has 3 rings (SSSR count). The molecule has 0 radical (unpaired) electrons. The normalized spacial score (nSPS) is 20.2. The number of hydrogen-bond acceptors (Lipinski definition) is 3. The number of fused-ring (bicyclic) bond motifs is 1. The van der Waals surface area contributed by atoms with Gasteiger partial charge >= 0.3 is 0 Å². The van der Waals surface area contributed by atoms with E-state index < -0.39 is 0 Å². The van der Waals surface area contributed by atoms with Gasteiger partial charge in [0, 0.05) is 13.1 Å². The molecule has 0 aliphatic heterocycles. The van der Waals surface area contributed by atoms with Gasteiger partial charge < -0.3 is 5.73 Å². The third-order valence-corrected chi connectivity index (χ3v) is 4.54. The zero-order chi connectivity index (χ0) is 13.8. The molecule has 104 valence electrons. The molecule has 0 spiro atoms. The molecule has 2 aromatic rings. The van der Waals surface area contributed by atoms with Crippen molar-refractivity contribution in [2.45, 2.75) is 52.5 Å². The average Bonchev–Trinajstić information content (AvgIpc) is 2.79. The topological polar surface area (TPSA) is 61.7 Å². The zero-order valence-electron chi connectivity index (χ0n) is 12.3. The maximum absolute atomic E-state index is 6.14. The quantitative estimate of drug-likeness (QED) is 0.858. The Bertz CT molecular complexity index is 609. The first-order valence-electron chi connectivity index (χ1n) is 7.06. The monoisotopic (exact) mass is 261 g/mol. The third kappa shape index (κ3) is 1.91. The van der Waals surface area contributed by atoms with Gasteiger partial charge in [-0.05, 0) is 38.0 Å². The molecule has 5 nitrogen and oxygen atoms in total. The van der Waals surface area contributed by atoms with Gasteiger partial charge in [-0.3, -0.25) is 9.25 Å². The first kappa shape index (κ1) is 12.5. The molecule has 0 bridgehead atoms. The van der Waals surface area contributed by atoms with Crippen LogP contribution in [0.25, 0.3) is 11.2 Å². The van der Waals surface area contributed by atoms with Gasteiger partial charge in [-0.1, -0.05) is 13.8 Å². The van der Waals surface area contributed by atoms with E-state index in [4.69, 9.17) is 5.73 Å².